The largest absolute Gasteiger partial charge is 0.506 e. The van der Waals surface area contributed by atoms with Gasteiger partial charge in [0.05, 0.1) is 7.11 Å². The molecule has 0 aromatic heterocycles. The number of anilines is 1. The molecule has 0 atom stereocenters. The Bertz CT molecular complexity index is 906. The molecule has 2 aromatic carbocycles. The minimum atomic E-state index is -4.21. The van der Waals surface area contributed by atoms with E-state index in [-0.39, 0.29) is 0 Å². The fraction of sp³-hybridized carbons (Fsp3) is 0.133. The highest BCUT2D eigenvalue weighted by molar-refractivity contribution is 7.92. The van der Waals surface area contributed by atoms with Gasteiger partial charge < -0.3 is 9.84 Å². The lowest BCUT2D eigenvalue weighted by molar-refractivity contribution is -0.117. The van der Waals surface area contributed by atoms with Crippen LogP contribution < -0.4 is 13.8 Å². The zero-order valence-electron chi connectivity index (χ0n) is 12.5. The summed E-state index contributed by atoms with van der Waals surface area (Å²) in [6, 6.07) is 9.06. The van der Waals surface area contributed by atoms with Gasteiger partial charge in [-0.1, -0.05) is 12.1 Å². The van der Waals surface area contributed by atoms with Crippen LogP contribution >= 0.6 is 0 Å². The third-order valence-electron chi connectivity index (χ3n) is 3.52. The molecule has 126 valence electrons. The number of aromatic hydroxyl groups is 1. The summed E-state index contributed by atoms with van der Waals surface area (Å²) in [5.74, 6) is -1.81. The molecule has 0 saturated carbocycles. The topological polar surface area (TPSA) is 95.9 Å². The fourth-order valence-electron chi connectivity index (χ4n) is 2.45. The first-order valence-electron chi connectivity index (χ1n) is 6.82. The number of benzene rings is 2. The van der Waals surface area contributed by atoms with Crippen molar-refractivity contribution in [3.8, 4) is 22.6 Å². The van der Waals surface area contributed by atoms with Crippen molar-refractivity contribution in [2.45, 2.75) is 0 Å². The molecule has 0 spiro atoms. The van der Waals surface area contributed by atoms with Gasteiger partial charge in [0.25, 0.3) is 5.91 Å². The van der Waals surface area contributed by atoms with Crippen LogP contribution in [0.5, 0.6) is 11.5 Å². The van der Waals surface area contributed by atoms with Gasteiger partial charge >= 0.3 is 10.2 Å². The number of phenolic OH excluding ortho intramolecular Hbond substituents is 1. The van der Waals surface area contributed by atoms with Crippen molar-refractivity contribution in [2.75, 3.05) is 18.0 Å². The molecule has 7 nitrogen and oxygen atoms in total. The monoisotopic (exact) mass is 352 g/mol. The lowest BCUT2D eigenvalue weighted by Gasteiger charge is -2.18. The number of nitrogens with one attached hydrogen (secondary N) is 1. The maximum Gasteiger partial charge on any atom is 0.326 e. The normalized spacial score (nSPS) is 16.1. The second kappa shape index (κ2) is 5.68. The average molecular weight is 352 g/mol. The van der Waals surface area contributed by atoms with Gasteiger partial charge in [0.2, 0.25) is 0 Å². The van der Waals surface area contributed by atoms with Gasteiger partial charge in [-0.05, 0) is 35.4 Å². The van der Waals surface area contributed by atoms with E-state index in [0.29, 0.717) is 21.2 Å². The third kappa shape index (κ3) is 2.73. The summed E-state index contributed by atoms with van der Waals surface area (Å²) >= 11 is 0. The number of rotatable bonds is 3. The number of amides is 1. The minimum absolute atomic E-state index is 0.337. The molecule has 0 radical (unpaired) electrons. The molecule has 24 heavy (non-hydrogen) atoms. The van der Waals surface area contributed by atoms with Crippen molar-refractivity contribution in [1.82, 2.24) is 4.72 Å². The van der Waals surface area contributed by atoms with Gasteiger partial charge in [-0.3, -0.25) is 4.79 Å². The van der Waals surface area contributed by atoms with Crippen molar-refractivity contribution in [3.63, 3.8) is 0 Å². The van der Waals surface area contributed by atoms with Crippen molar-refractivity contribution < 1.29 is 27.4 Å². The van der Waals surface area contributed by atoms with Crippen molar-refractivity contribution in [1.29, 1.82) is 0 Å². The van der Waals surface area contributed by atoms with E-state index >= 15 is 0 Å². The van der Waals surface area contributed by atoms with Crippen LogP contribution in [0.3, 0.4) is 0 Å². The Labute approximate surface area is 137 Å². The van der Waals surface area contributed by atoms with Crippen LogP contribution in [-0.4, -0.2) is 33.1 Å². The average Bonchev–Trinajstić information content (AvgIpc) is 2.79. The zero-order valence-corrected chi connectivity index (χ0v) is 13.3. The Morgan fingerprint density at radius 2 is 2.00 bits per heavy atom. The Morgan fingerprint density at radius 1 is 1.25 bits per heavy atom. The van der Waals surface area contributed by atoms with Crippen LogP contribution in [0.4, 0.5) is 10.1 Å². The Morgan fingerprint density at radius 3 is 2.58 bits per heavy atom. The Kier molecular flexibility index (Phi) is 3.80. The number of hydrogen-bond acceptors (Lipinski definition) is 5. The number of nitrogens with zero attached hydrogens (tertiary/aromatic N) is 1. The number of carbonyl (C=O) groups is 1. The molecule has 2 aromatic rings. The summed E-state index contributed by atoms with van der Waals surface area (Å²) in [5, 5.41) is 10.1. The number of carbonyl (C=O) groups excluding carboxylic acids is 1. The molecule has 0 aliphatic carbocycles. The van der Waals surface area contributed by atoms with E-state index < -0.39 is 39.9 Å². The van der Waals surface area contributed by atoms with E-state index in [9.17, 15) is 22.7 Å². The number of hydrogen-bond donors (Lipinski definition) is 2. The van der Waals surface area contributed by atoms with Gasteiger partial charge in [0.15, 0.2) is 5.82 Å². The molecule has 0 bridgehead atoms. The molecule has 9 heteroatoms. The molecular weight excluding hydrogens is 339 g/mol. The summed E-state index contributed by atoms with van der Waals surface area (Å²) in [6.07, 6.45) is 0. The van der Waals surface area contributed by atoms with E-state index in [2.05, 4.69) is 0 Å². The van der Waals surface area contributed by atoms with E-state index in [4.69, 9.17) is 4.74 Å². The molecule has 1 saturated heterocycles. The van der Waals surface area contributed by atoms with Crippen LogP contribution in [0, 0.1) is 5.82 Å². The van der Waals surface area contributed by atoms with Crippen LogP contribution in [0.1, 0.15) is 0 Å². The molecule has 2 N–H and O–H groups in total. The van der Waals surface area contributed by atoms with Gasteiger partial charge in [0.1, 0.15) is 23.7 Å². The van der Waals surface area contributed by atoms with Crippen LogP contribution in [-0.2, 0) is 15.0 Å². The predicted molar refractivity (Wildman–Crippen MR) is 84.5 cm³/mol. The number of halogens is 1. The van der Waals surface area contributed by atoms with E-state index in [0.717, 1.165) is 6.07 Å². The molecular formula is C15H13FN2O5S. The zero-order chi connectivity index (χ0) is 17.5. The van der Waals surface area contributed by atoms with Crippen molar-refractivity contribution >= 4 is 21.8 Å². The van der Waals surface area contributed by atoms with Gasteiger partial charge in [-0.2, -0.15) is 8.42 Å². The standard InChI is InChI=1S/C15H13FN2O5S/c1-23-11-4-2-3-9(5-11)10-6-12(16)15(13(19)7-10)18-8-14(20)17-24(18,21)22/h2-7,19H,8H2,1H3,(H,17,20). The molecule has 1 fully saturated rings. The lowest BCUT2D eigenvalue weighted by atomic mass is 10.0. The second-order valence-electron chi connectivity index (χ2n) is 5.09. The number of phenols is 1. The Balaban J connectivity index is 2.08. The van der Waals surface area contributed by atoms with E-state index in [1.165, 1.54) is 13.2 Å². The quantitative estimate of drug-likeness (QED) is 0.870. The van der Waals surface area contributed by atoms with Crippen LogP contribution in [0.2, 0.25) is 0 Å². The van der Waals surface area contributed by atoms with Crippen molar-refractivity contribution in [2.24, 2.45) is 0 Å². The van der Waals surface area contributed by atoms with Gasteiger partial charge in [-0.25, -0.2) is 13.4 Å². The summed E-state index contributed by atoms with van der Waals surface area (Å²) in [4.78, 5) is 11.3. The molecule has 1 amide bonds. The Hall–Kier alpha value is -2.81. The first-order chi connectivity index (χ1) is 11.3. The first kappa shape index (κ1) is 16.1. The highest BCUT2D eigenvalue weighted by atomic mass is 32.2. The minimum Gasteiger partial charge on any atom is -0.506 e. The highest BCUT2D eigenvalue weighted by Crippen LogP contribution is 2.37. The predicted octanol–water partition coefficient (Wildman–Crippen LogP) is 1.39. The first-order valence-corrected chi connectivity index (χ1v) is 8.26. The molecule has 1 aliphatic rings. The second-order valence-corrected chi connectivity index (χ2v) is 6.69. The van der Waals surface area contributed by atoms with E-state index in [1.54, 1.807) is 29.0 Å². The summed E-state index contributed by atoms with van der Waals surface area (Å²) in [5.41, 5.74) is 0.345. The molecule has 1 heterocycles. The molecule has 1 aliphatic heterocycles. The van der Waals surface area contributed by atoms with Crippen LogP contribution in [0.25, 0.3) is 11.1 Å². The van der Waals surface area contributed by atoms with E-state index in [1.807, 2.05) is 0 Å². The smallest absolute Gasteiger partial charge is 0.326 e. The van der Waals surface area contributed by atoms with Crippen LogP contribution in [0.15, 0.2) is 36.4 Å². The van der Waals surface area contributed by atoms with Gasteiger partial charge in [-0.15, -0.1) is 0 Å². The SMILES string of the molecule is COc1cccc(-c2cc(O)c(N3CC(=O)NS3(=O)=O)c(F)c2)c1. The highest BCUT2D eigenvalue weighted by Gasteiger charge is 2.37. The summed E-state index contributed by atoms with van der Waals surface area (Å²) in [6.45, 7) is -0.592. The molecule has 0 unspecified atom stereocenters. The van der Waals surface area contributed by atoms with Gasteiger partial charge in [0, 0.05) is 0 Å². The summed E-state index contributed by atoms with van der Waals surface area (Å²) in [7, 11) is -2.72. The summed E-state index contributed by atoms with van der Waals surface area (Å²) < 4.78 is 45.4. The number of ether oxygens (including phenoxy) is 1. The lowest BCUT2D eigenvalue weighted by Crippen LogP contribution is -2.30. The third-order valence-corrected chi connectivity index (χ3v) is 4.89. The number of methoxy groups -OCH3 is 1. The maximum absolute atomic E-state index is 14.5. The maximum atomic E-state index is 14.5. The fourth-order valence-corrected chi connectivity index (χ4v) is 3.62. The molecule has 3 rings (SSSR count). The van der Waals surface area contributed by atoms with Crippen molar-refractivity contribution in [3.05, 3.63) is 42.2 Å².